The quantitative estimate of drug-likeness (QED) is 0.685. The van der Waals surface area contributed by atoms with Crippen molar-refractivity contribution in [3.63, 3.8) is 0 Å². The number of urea groups is 1. The molecule has 1 aromatic heterocycles. The van der Waals surface area contributed by atoms with Crippen molar-refractivity contribution in [1.82, 2.24) is 9.88 Å². The van der Waals surface area contributed by atoms with E-state index in [0.717, 1.165) is 33.5 Å². The van der Waals surface area contributed by atoms with Gasteiger partial charge in [-0.3, -0.25) is 9.69 Å². The lowest BCUT2D eigenvalue weighted by Gasteiger charge is -2.18. The van der Waals surface area contributed by atoms with E-state index in [1.165, 1.54) is 6.07 Å². The summed E-state index contributed by atoms with van der Waals surface area (Å²) in [6.45, 7) is -0.231. The Balaban J connectivity index is 1.72. The SMILES string of the molecule is NC(=O)N(Cc1ccc(F)c(F)c1)C(=O)CCc1c[nH]c2c(Cl)cccc12. The van der Waals surface area contributed by atoms with E-state index in [2.05, 4.69) is 4.98 Å². The number of aryl methyl sites for hydroxylation is 1. The van der Waals surface area contributed by atoms with Crippen LogP contribution in [0.4, 0.5) is 13.6 Å². The number of nitrogens with one attached hydrogen (secondary N) is 1. The number of nitrogens with zero attached hydrogens (tertiary/aromatic N) is 1. The second-order valence-electron chi connectivity index (χ2n) is 6.04. The number of halogens is 3. The summed E-state index contributed by atoms with van der Waals surface area (Å²) in [6, 6.07) is 7.65. The van der Waals surface area contributed by atoms with Gasteiger partial charge in [0.05, 0.1) is 17.1 Å². The third-order valence-corrected chi connectivity index (χ3v) is 4.57. The summed E-state index contributed by atoms with van der Waals surface area (Å²) in [5.41, 5.74) is 7.20. The number of rotatable bonds is 5. The number of aromatic amines is 1. The van der Waals surface area contributed by atoms with Crippen LogP contribution in [-0.4, -0.2) is 21.8 Å². The number of carbonyl (C=O) groups is 2. The molecule has 0 saturated heterocycles. The number of para-hydroxylation sites is 1. The van der Waals surface area contributed by atoms with Gasteiger partial charge in [0.1, 0.15) is 0 Å². The average molecular weight is 392 g/mol. The molecule has 5 nitrogen and oxygen atoms in total. The van der Waals surface area contributed by atoms with Crippen LogP contribution in [0.25, 0.3) is 10.9 Å². The molecular formula is C19H16ClF2N3O2. The highest BCUT2D eigenvalue weighted by atomic mass is 35.5. The Bertz CT molecular complexity index is 1020. The van der Waals surface area contributed by atoms with Gasteiger partial charge < -0.3 is 10.7 Å². The van der Waals surface area contributed by atoms with Crippen LogP contribution >= 0.6 is 11.6 Å². The lowest BCUT2D eigenvalue weighted by Crippen LogP contribution is -2.40. The molecule has 27 heavy (non-hydrogen) atoms. The van der Waals surface area contributed by atoms with Gasteiger partial charge in [0, 0.05) is 18.0 Å². The minimum absolute atomic E-state index is 0.0199. The number of primary amides is 1. The molecule has 0 spiro atoms. The molecule has 0 unspecified atom stereocenters. The molecule has 0 aliphatic rings. The second-order valence-corrected chi connectivity index (χ2v) is 6.45. The van der Waals surface area contributed by atoms with Gasteiger partial charge in [0.25, 0.3) is 0 Å². The van der Waals surface area contributed by atoms with E-state index in [1.807, 2.05) is 12.1 Å². The molecule has 140 valence electrons. The van der Waals surface area contributed by atoms with Crippen LogP contribution in [0.1, 0.15) is 17.5 Å². The van der Waals surface area contributed by atoms with Crippen molar-refractivity contribution in [2.24, 2.45) is 5.73 Å². The standard InChI is InChI=1S/C19H16ClF2N3O2/c20-14-3-1-2-13-12(9-24-18(13)14)5-7-17(26)25(19(23)27)10-11-4-6-15(21)16(22)8-11/h1-4,6,8-9,24H,5,7,10H2,(H2,23,27). The van der Waals surface area contributed by atoms with Crippen LogP contribution < -0.4 is 5.73 Å². The molecule has 0 fully saturated rings. The van der Waals surface area contributed by atoms with E-state index in [9.17, 15) is 18.4 Å². The zero-order valence-corrected chi connectivity index (χ0v) is 14.9. The second kappa shape index (κ2) is 7.75. The van der Waals surface area contributed by atoms with Crippen molar-refractivity contribution in [3.05, 3.63) is 70.4 Å². The highest BCUT2D eigenvalue weighted by Gasteiger charge is 2.20. The molecule has 2 aromatic carbocycles. The highest BCUT2D eigenvalue weighted by Crippen LogP contribution is 2.26. The first-order chi connectivity index (χ1) is 12.9. The first-order valence-corrected chi connectivity index (χ1v) is 8.53. The largest absolute Gasteiger partial charge is 0.360 e. The highest BCUT2D eigenvalue weighted by molar-refractivity contribution is 6.35. The number of imide groups is 1. The van der Waals surface area contributed by atoms with Crippen LogP contribution in [0.3, 0.4) is 0 Å². The molecule has 0 aliphatic heterocycles. The van der Waals surface area contributed by atoms with Gasteiger partial charge in [0.2, 0.25) is 5.91 Å². The third-order valence-electron chi connectivity index (χ3n) is 4.25. The first-order valence-electron chi connectivity index (χ1n) is 8.15. The summed E-state index contributed by atoms with van der Waals surface area (Å²) in [4.78, 5) is 28.0. The first kappa shape index (κ1) is 18.8. The summed E-state index contributed by atoms with van der Waals surface area (Å²) >= 11 is 6.11. The van der Waals surface area contributed by atoms with Gasteiger partial charge in [-0.15, -0.1) is 0 Å². The van der Waals surface area contributed by atoms with E-state index in [1.54, 1.807) is 12.3 Å². The van der Waals surface area contributed by atoms with E-state index >= 15 is 0 Å². The molecule has 0 radical (unpaired) electrons. The van der Waals surface area contributed by atoms with E-state index in [-0.39, 0.29) is 18.5 Å². The Kier molecular flexibility index (Phi) is 5.41. The van der Waals surface area contributed by atoms with Crippen LogP contribution in [0.2, 0.25) is 5.02 Å². The molecule has 8 heteroatoms. The predicted octanol–water partition coefficient (Wildman–Crippen LogP) is 4.14. The van der Waals surface area contributed by atoms with Gasteiger partial charge in [-0.1, -0.05) is 29.8 Å². The Labute approximate surface area is 158 Å². The molecule has 3 amide bonds. The fourth-order valence-corrected chi connectivity index (χ4v) is 3.10. The van der Waals surface area contributed by atoms with Crippen molar-refractivity contribution in [3.8, 4) is 0 Å². The lowest BCUT2D eigenvalue weighted by atomic mass is 10.1. The molecule has 3 N–H and O–H groups in total. The lowest BCUT2D eigenvalue weighted by molar-refractivity contribution is -0.128. The zero-order chi connectivity index (χ0) is 19.6. The van der Waals surface area contributed by atoms with Crippen molar-refractivity contribution in [1.29, 1.82) is 0 Å². The minimum Gasteiger partial charge on any atom is -0.360 e. The van der Waals surface area contributed by atoms with Gasteiger partial charge in [-0.25, -0.2) is 13.6 Å². The molecular weight excluding hydrogens is 376 g/mol. The van der Waals surface area contributed by atoms with Gasteiger partial charge in [-0.05, 0) is 35.7 Å². The van der Waals surface area contributed by atoms with Crippen LogP contribution in [0.15, 0.2) is 42.6 Å². The van der Waals surface area contributed by atoms with Gasteiger partial charge >= 0.3 is 6.03 Å². The summed E-state index contributed by atoms with van der Waals surface area (Å²) in [5.74, 6) is -2.57. The number of nitrogens with two attached hydrogens (primary N) is 1. The van der Waals surface area contributed by atoms with E-state index < -0.39 is 23.6 Å². The molecule has 3 rings (SSSR count). The fraction of sp³-hybridized carbons (Fsp3) is 0.158. The number of fused-ring (bicyclic) bond motifs is 1. The summed E-state index contributed by atoms with van der Waals surface area (Å²) in [7, 11) is 0. The average Bonchev–Trinajstić information content (AvgIpc) is 3.05. The monoisotopic (exact) mass is 391 g/mol. The molecule has 0 atom stereocenters. The number of hydrogen-bond acceptors (Lipinski definition) is 2. The van der Waals surface area contributed by atoms with Crippen LogP contribution in [0.5, 0.6) is 0 Å². The number of amides is 3. The van der Waals surface area contributed by atoms with Gasteiger partial charge in [0.15, 0.2) is 11.6 Å². The maximum absolute atomic E-state index is 13.3. The van der Waals surface area contributed by atoms with Crippen LogP contribution in [-0.2, 0) is 17.8 Å². The smallest absolute Gasteiger partial charge is 0.321 e. The van der Waals surface area contributed by atoms with Crippen molar-refractivity contribution >= 4 is 34.4 Å². The maximum Gasteiger partial charge on any atom is 0.321 e. The summed E-state index contributed by atoms with van der Waals surface area (Å²) in [6.07, 6.45) is 2.14. The Morgan fingerprint density at radius 1 is 1.15 bits per heavy atom. The van der Waals surface area contributed by atoms with E-state index in [0.29, 0.717) is 11.4 Å². The van der Waals surface area contributed by atoms with Gasteiger partial charge in [-0.2, -0.15) is 0 Å². The van der Waals surface area contributed by atoms with E-state index in [4.69, 9.17) is 17.3 Å². The number of benzene rings is 2. The maximum atomic E-state index is 13.3. The summed E-state index contributed by atoms with van der Waals surface area (Å²) < 4.78 is 26.4. The number of aromatic nitrogens is 1. The molecule has 0 saturated carbocycles. The fourth-order valence-electron chi connectivity index (χ4n) is 2.87. The van der Waals surface area contributed by atoms with Crippen molar-refractivity contribution in [2.45, 2.75) is 19.4 Å². The van der Waals surface area contributed by atoms with Crippen molar-refractivity contribution < 1.29 is 18.4 Å². The summed E-state index contributed by atoms with van der Waals surface area (Å²) in [5, 5.41) is 1.46. The number of hydrogen-bond donors (Lipinski definition) is 2. The minimum atomic E-state index is -1.06. The van der Waals surface area contributed by atoms with Crippen LogP contribution in [0, 0.1) is 11.6 Å². The molecule has 0 bridgehead atoms. The topological polar surface area (TPSA) is 79.2 Å². The predicted molar refractivity (Wildman–Crippen MR) is 98.1 cm³/mol. The molecule has 3 aromatic rings. The Morgan fingerprint density at radius 3 is 2.63 bits per heavy atom. The number of H-pyrrole nitrogens is 1. The molecule has 1 heterocycles. The Morgan fingerprint density at radius 2 is 1.93 bits per heavy atom. The van der Waals surface area contributed by atoms with Crippen molar-refractivity contribution in [2.75, 3.05) is 0 Å². The Hall–Kier alpha value is -2.93. The third kappa shape index (κ3) is 4.09. The number of carbonyl (C=O) groups excluding carboxylic acids is 2. The zero-order valence-electron chi connectivity index (χ0n) is 14.1. The normalized spacial score (nSPS) is 10.9. The molecule has 0 aliphatic carbocycles.